The molecular weight excluding hydrogens is 206 g/mol. The van der Waals surface area contributed by atoms with Gasteiger partial charge in [0.05, 0.1) is 12.7 Å². The molecule has 0 spiro atoms. The fourth-order valence-corrected chi connectivity index (χ4v) is 0.844. The van der Waals surface area contributed by atoms with Crippen LogP contribution in [0, 0.1) is 0 Å². The molecule has 0 saturated heterocycles. The Morgan fingerprint density at radius 2 is 2.36 bits per heavy atom. The highest BCUT2D eigenvalue weighted by molar-refractivity contribution is 8.93. The van der Waals surface area contributed by atoms with Crippen molar-refractivity contribution in [2.24, 2.45) is 5.73 Å². The summed E-state index contributed by atoms with van der Waals surface area (Å²) in [7, 11) is 0. The normalized spacial score (nSPS) is 9.27. The van der Waals surface area contributed by atoms with E-state index in [-0.39, 0.29) is 17.0 Å². The molecule has 11 heavy (non-hydrogen) atoms. The summed E-state index contributed by atoms with van der Waals surface area (Å²) in [6.45, 7) is 3.59. The third-order valence-electron chi connectivity index (χ3n) is 1.45. The highest BCUT2D eigenvalue weighted by atomic mass is 79.9. The Morgan fingerprint density at radius 3 is 2.82 bits per heavy atom. The van der Waals surface area contributed by atoms with E-state index in [1.807, 2.05) is 17.1 Å². The number of nitrogens with two attached hydrogens (primary N) is 1. The van der Waals surface area contributed by atoms with Crippen LogP contribution in [0.2, 0.25) is 0 Å². The van der Waals surface area contributed by atoms with Crippen molar-refractivity contribution >= 4 is 17.0 Å². The van der Waals surface area contributed by atoms with Gasteiger partial charge in [0, 0.05) is 12.7 Å². The maximum absolute atomic E-state index is 5.35. The summed E-state index contributed by atoms with van der Waals surface area (Å²) in [6.07, 6.45) is 4.97. The van der Waals surface area contributed by atoms with Gasteiger partial charge in [0.1, 0.15) is 0 Å². The van der Waals surface area contributed by atoms with Crippen LogP contribution < -0.4 is 5.73 Å². The Hall–Kier alpha value is -0.350. The van der Waals surface area contributed by atoms with E-state index in [4.69, 9.17) is 5.73 Å². The summed E-state index contributed by atoms with van der Waals surface area (Å²) in [5.74, 6) is 0. The molecule has 0 saturated carbocycles. The molecule has 0 unspecified atom stereocenters. The Labute approximate surface area is 77.4 Å². The van der Waals surface area contributed by atoms with E-state index in [1.54, 1.807) is 0 Å². The van der Waals surface area contributed by atoms with E-state index >= 15 is 0 Å². The van der Waals surface area contributed by atoms with Gasteiger partial charge in [-0.2, -0.15) is 5.10 Å². The summed E-state index contributed by atoms with van der Waals surface area (Å²) >= 11 is 0. The van der Waals surface area contributed by atoms with Crippen molar-refractivity contribution < 1.29 is 0 Å². The second kappa shape index (κ2) is 5.32. The van der Waals surface area contributed by atoms with Crippen LogP contribution in [0.15, 0.2) is 12.4 Å². The highest BCUT2D eigenvalue weighted by Gasteiger charge is 1.92. The van der Waals surface area contributed by atoms with Crippen LogP contribution in [0.4, 0.5) is 0 Å². The molecule has 3 nitrogen and oxygen atoms in total. The molecule has 0 aliphatic heterocycles. The molecule has 1 aromatic rings. The average molecular weight is 220 g/mol. The summed E-state index contributed by atoms with van der Waals surface area (Å²) in [6, 6.07) is 0. The van der Waals surface area contributed by atoms with Crippen LogP contribution in [0.3, 0.4) is 0 Å². The van der Waals surface area contributed by atoms with Crippen LogP contribution in [0.1, 0.15) is 12.5 Å². The Balaban J connectivity index is 0.000001000. The first kappa shape index (κ1) is 10.7. The minimum absolute atomic E-state index is 0. The first-order valence-corrected chi connectivity index (χ1v) is 3.58. The zero-order valence-electron chi connectivity index (χ0n) is 6.66. The largest absolute Gasteiger partial charge is 0.329 e. The summed E-state index contributed by atoms with van der Waals surface area (Å²) in [5.41, 5.74) is 6.62. The Kier molecular flexibility index (Phi) is 5.15. The van der Waals surface area contributed by atoms with Crippen LogP contribution in [0.5, 0.6) is 0 Å². The minimum atomic E-state index is 0. The number of nitrogens with zero attached hydrogens (tertiary/aromatic N) is 2. The van der Waals surface area contributed by atoms with E-state index in [0.29, 0.717) is 6.54 Å². The number of aryl methyl sites for hydroxylation is 1. The molecule has 0 fully saturated rings. The first-order valence-electron chi connectivity index (χ1n) is 3.58. The molecule has 4 heteroatoms. The fraction of sp³-hybridized carbons (Fsp3) is 0.571. The molecule has 0 bridgehead atoms. The summed E-state index contributed by atoms with van der Waals surface area (Å²) in [4.78, 5) is 0. The number of hydrogen-bond acceptors (Lipinski definition) is 2. The minimum Gasteiger partial charge on any atom is -0.329 e. The molecule has 1 aromatic heterocycles. The third-order valence-corrected chi connectivity index (χ3v) is 1.45. The smallest absolute Gasteiger partial charge is 0.0531 e. The number of hydrogen-bond donors (Lipinski definition) is 1. The Bertz CT molecular complexity index is 197. The van der Waals surface area contributed by atoms with Gasteiger partial charge in [-0.15, -0.1) is 17.0 Å². The van der Waals surface area contributed by atoms with Crippen LogP contribution in [-0.4, -0.2) is 16.3 Å². The highest BCUT2D eigenvalue weighted by Crippen LogP contribution is 1.96. The van der Waals surface area contributed by atoms with Crippen LogP contribution >= 0.6 is 17.0 Å². The molecule has 1 heterocycles. The van der Waals surface area contributed by atoms with E-state index < -0.39 is 0 Å². The summed E-state index contributed by atoms with van der Waals surface area (Å²) in [5, 5.41) is 4.11. The molecule has 64 valence electrons. The number of halogens is 1. The van der Waals surface area contributed by atoms with Gasteiger partial charge in [0.25, 0.3) is 0 Å². The van der Waals surface area contributed by atoms with Crippen molar-refractivity contribution in [2.45, 2.75) is 19.9 Å². The van der Waals surface area contributed by atoms with Gasteiger partial charge in [-0.3, -0.25) is 4.68 Å². The lowest BCUT2D eigenvalue weighted by Gasteiger charge is -1.94. The number of rotatable bonds is 3. The van der Waals surface area contributed by atoms with Crippen molar-refractivity contribution in [1.29, 1.82) is 0 Å². The number of aromatic nitrogens is 2. The topological polar surface area (TPSA) is 43.8 Å². The summed E-state index contributed by atoms with van der Waals surface area (Å²) < 4.78 is 1.87. The molecule has 0 aromatic carbocycles. The SMILES string of the molecule is Br.CCc1cnn(CCN)c1. The molecule has 2 N–H and O–H groups in total. The van der Waals surface area contributed by atoms with Crippen molar-refractivity contribution in [2.75, 3.05) is 6.54 Å². The third kappa shape index (κ3) is 3.03. The molecule has 0 radical (unpaired) electrons. The first-order chi connectivity index (χ1) is 4.86. The van der Waals surface area contributed by atoms with Gasteiger partial charge in [-0.25, -0.2) is 0 Å². The van der Waals surface area contributed by atoms with E-state index in [2.05, 4.69) is 12.0 Å². The lowest BCUT2D eigenvalue weighted by molar-refractivity contribution is 0.624. The van der Waals surface area contributed by atoms with E-state index in [0.717, 1.165) is 13.0 Å². The monoisotopic (exact) mass is 219 g/mol. The molecule has 1 rings (SSSR count). The van der Waals surface area contributed by atoms with Crippen LogP contribution in [-0.2, 0) is 13.0 Å². The van der Waals surface area contributed by atoms with Gasteiger partial charge in [-0.1, -0.05) is 6.92 Å². The van der Waals surface area contributed by atoms with Gasteiger partial charge < -0.3 is 5.73 Å². The second-order valence-corrected chi connectivity index (χ2v) is 2.25. The van der Waals surface area contributed by atoms with Gasteiger partial charge in [-0.05, 0) is 12.0 Å². The molecule has 0 amide bonds. The fourth-order valence-electron chi connectivity index (χ4n) is 0.844. The zero-order chi connectivity index (χ0) is 7.40. The van der Waals surface area contributed by atoms with Gasteiger partial charge in [0.2, 0.25) is 0 Å². The molecule has 0 aliphatic rings. The van der Waals surface area contributed by atoms with Gasteiger partial charge in [0.15, 0.2) is 0 Å². The van der Waals surface area contributed by atoms with Crippen molar-refractivity contribution in [1.82, 2.24) is 9.78 Å². The predicted molar refractivity (Wildman–Crippen MR) is 51.0 cm³/mol. The van der Waals surface area contributed by atoms with E-state index in [1.165, 1.54) is 5.56 Å². The van der Waals surface area contributed by atoms with Crippen molar-refractivity contribution in [3.63, 3.8) is 0 Å². The predicted octanol–water partition coefficient (Wildman–Crippen LogP) is 0.982. The van der Waals surface area contributed by atoms with Gasteiger partial charge >= 0.3 is 0 Å². The maximum Gasteiger partial charge on any atom is 0.0531 e. The maximum atomic E-state index is 5.35. The van der Waals surface area contributed by atoms with Crippen LogP contribution in [0.25, 0.3) is 0 Å². The lowest BCUT2D eigenvalue weighted by atomic mass is 10.3. The Morgan fingerprint density at radius 1 is 1.64 bits per heavy atom. The standard InChI is InChI=1S/C7H13N3.BrH/c1-2-7-5-9-10(6-7)4-3-8;/h5-6H,2-4,8H2,1H3;1H. The van der Waals surface area contributed by atoms with Crippen molar-refractivity contribution in [3.05, 3.63) is 18.0 Å². The average Bonchev–Trinajstić information content (AvgIpc) is 2.37. The molecule has 0 atom stereocenters. The lowest BCUT2D eigenvalue weighted by Crippen LogP contribution is -2.09. The van der Waals surface area contributed by atoms with Crippen molar-refractivity contribution in [3.8, 4) is 0 Å². The zero-order valence-corrected chi connectivity index (χ0v) is 8.37. The quantitative estimate of drug-likeness (QED) is 0.825. The van der Waals surface area contributed by atoms with E-state index in [9.17, 15) is 0 Å². The molecule has 0 aliphatic carbocycles. The second-order valence-electron chi connectivity index (χ2n) is 2.25. The molecular formula is C7H14BrN3.